The molecule has 7 heteroatoms. The average Bonchev–Trinajstić information content (AvgIpc) is 2.47. The van der Waals surface area contributed by atoms with Gasteiger partial charge in [-0.05, 0) is 18.2 Å². The van der Waals surface area contributed by atoms with Gasteiger partial charge in [0.1, 0.15) is 0 Å². The van der Waals surface area contributed by atoms with Gasteiger partial charge in [0.25, 0.3) is 0 Å². The lowest BCUT2D eigenvalue weighted by atomic mass is 10.3. The highest BCUT2D eigenvalue weighted by molar-refractivity contribution is 6.42. The number of hydrogen-bond donors (Lipinski definition) is 0. The Bertz CT molecular complexity index is 654. The molecule has 0 radical (unpaired) electrons. The minimum absolute atomic E-state index is 0.259. The summed E-state index contributed by atoms with van der Waals surface area (Å²) in [5, 5.41) is 0.605. The molecule has 0 saturated heterocycles. The first-order valence-corrected chi connectivity index (χ1v) is 5.01. The lowest BCUT2D eigenvalue weighted by Crippen LogP contribution is -2.26. The molecule has 0 unspecified atom stereocenters. The van der Waals surface area contributed by atoms with E-state index in [-0.39, 0.29) is 5.02 Å². The van der Waals surface area contributed by atoms with Gasteiger partial charge in [-0.2, -0.15) is 9.31 Å². The molecule has 0 fully saturated rings. The quantitative estimate of drug-likeness (QED) is 0.780. The molecular weight excluding hydrogens is 255 g/mol. The molecule has 1 heterocycles. The van der Waals surface area contributed by atoms with Crippen molar-refractivity contribution in [3.8, 4) is 5.69 Å². The number of nitrogens with zero attached hydrogens (tertiary/aromatic N) is 2. The van der Waals surface area contributed by atoms with E-state index in [1.54, 1.807) is 0 Å². The van der Waals surface area contributed by atoms with E-state index in [0.29, 0.717) is 10.7 Å². The zero-order valence-electron chi connectivity index (χ0n) is 8.11. The summed E-state index contributed by atoms with van der Waals surface area (Å²) in [6.07, 6.45) is 0. The van der Waals surface area contributed by atoms with E-state index >= 15 is 0 Å². The minimum atomic E-state index is -0.772. The molecule has 5 nitrogen and oxygen atoms in total. The van der Waals surface area contributed by atoms with Crippen molar-refractivity contribution in [3.05, 3.63) is 49.3 Å². The highest BCUT2D eigenvalue weighted by Gasteiger charge is 2.11. The van der Waals surface area contributed by atoms with Crippen molar-refractivity contribution in [1.82, 2.24) is 9.31 Å². The van der Waals surface area contributed by atoms with Gasteiger partial charge in [-0.3, -0.25) is 0 Å². The van der Waals surface area contributed by atoms with Gasteiger partial charge >= 0.3 is 11.4 Å². The van der Waals surface area contributed by atoms with Crippen LogP contribution in [0.15, 0.2) is 32.3 Å². The van der Waals surface area contributed by atoms with Crippen LogP contribution in [0.25, 0.3) is 5.69 Å². The molecule has 0 aliphatic heterocycles. The number of rotatable bonds is 1. The van der Waals surface area contributed by atoms with E-state index in [2.05, 4.69) is 4.52 Å². The first-order chi connectivity index (χ1) is 7.50. The summed E-state index contributed by atoms with van der Waals surface area (Å²) in [6, 6.07) is 4.42. The second-order valence-electron chi connectivity index (χ2n) is 3.07. The van der Waals surface area contributed by atoms with E-state index in [1.807, 2.05) is 0 Å². The summed E-state index contributed by atoms with van der Waals surface area (Å²) in [5.41, 5.74) is -0.267. The Labute approximate surface area is 99.4 Å². The van der Waals surface area contributed by atoms with Crippen LogP contribution in [-0.4, -0.2) is 9.31 Å². The zero-order chi connectivity index (χ0) is 11.9. The fourth-order valence-electron chi connectivity index (χ4n) is 1.26. The van der Waals surface area contributed by atoms with E-state index in [0.717, 1.165) is 9.31 Å². The summed E-state index contributed by atoms with van der Waals surface area (Å²) in [5.74, 6) is -0.772. The summed E-state index contributed by atoms with van der Waals surface area (Å²) in [4.78, 5) is 22.9. The second-order valence-corrected chi connectivity index (χ2v) is 3.89. The smallest absolute Gasteiger partial charge is 0.317 e. The Morgan fingerprint density at radius 2 is 1.88 bits per heavy atom. The SMILES string of the molecule is Cn1oc(=O)n(-c2ccc(Cl)c(Cl)c2)c1=O. The van der Waals surface area contributed by atoms with Gasteiger partial charge in [-0.25, -0.2) is 9.59 Å². The summed E-state index contributed by atoms with van der Waals surface area (Å²) in [7, 11) is 1.34. The molecule has 1 aromatic heterocycles. The van der Waals surface area contributed by atoms with E-state index in [1.165, 1.54) is 25.2 Å². The number of hydrogen-bond acceptors (Lipinski definition) is 3. The van der Waals surface area contributed by atoms with Crippen LogP contribution in [-0.2, 0) is 7.05 Å². The van der Waals surface area contributed by atoms with Crippen molar-refractivity contribution in [2.24, 2.45) is 7.05 Å². The lowest BCUT2D eigenvalue weighted by Gasteiger charge is -2.00. The first kappa shape index (κ1) is 11.0. The molecule has 0 aliphatic rings. The minimum Gasteiger partial charge on any atom is -0.317 e. The van der Waals surface area contributed by atoms with Gasteiger partial charge in [-0.15, -0.1) is 0 Å². The van der Waals surface area contributed by atoms with Crippen LogP contribution in [0, 0.1) is 0 Å². The Hall–Kier alpha value is -1.46. The Kier molecular flexibility index (Phi) is 2.65. The molecule has 0 saturated carbocycles. The van der Waals surface area contributed by atoms with Gasteiger partial charge in [0.05, 0.1) is 22.8 Å². The fourth-order valence-corrected chi connectivity index (χ4v) is 1.55. The van der Waals surface area contributed by atoms with Crippen LogP contribution in [0.3, 0.4) is 0 Å². The molecule has 0 atom stereocenters. The number of aryl methyl sites for hydroxylation is 1. The maximum atomic E-state index is 11.5. The largest absolute Gasteiger partial charge is 0.447 e. The van der Waals surface area contributed by atoms with Crippen molar-refractivity contribution in [3.63, 3.8) is 0 Å². The number of benzene rings is 1. The van der Waals surface area contributed by atoms with Gasteiger partial charge < -0.3 is 4.52 Å². The molecule has 2 rings (SSSR count). The monoisotopic (exact) mass is 260 g/mol. The lowest BCUT2D eigenvalue weighted by molar-refractivity contribution is 0.276. The van der Waals surface area contributed by atoms with Crippen LogP contribution in [0.2, 0.25) is 10.0 Å². The Morgan fingerprint density at radius 3 is 2.38 bits per heavy atom. The molecule has 84 valence electrons. The molecule has 0 bridgehead atoms. The highest BCUT2D eigenvalue weighted by Crippen LogP contribution is 2.23. The van der Waals surface area contributed by atoms with Gasteiger partial charge in [-0.1, -0.05) is 23.2 Å². The van der Waals surface area contributed by atoms with Crippen LogP contribution in [0.5, 0.6) is 0 Å². The molecule has 16 heavy (non-hydrogen) atoms. The molecule has 0 aliphatic carbocycles. The molecule has 2 aromatic rings. The predicted molar refractivity (Wildman–Crippen MR) is 59.6 cm³/mol. The van der Waals surface area contributed by atoms with Gasteiger partial charge in [0.15, 0.2) is 0 Å². The van der Waals surface area contributed by atoms with E-state index in [4.69, 9.17) is 23.2 Å². The number of halogens is 2. The van der Waals surface area contributed by atoms with Gasteiger partial charge in [0.2, 0.25) is 0 Å². The molecule has 0 spiro atoms. The second kappa shape index (κ2) is 3.84. The van der Waals surface area contributed by atoms with Crippen molar-refractivity contribution >= 4 is 23.2 Å². The first-order valence-electron chi connectivity index (χ1n) is 4.25. The van der Waals surface area contributed by atoms with Crippen molar-refractivity contribution in [2.75, 3.05) is 0 Å². The van der Waals surface area contributed by atoms with Crippen LogP contribution >= 0.6 is 23.2 Å². The maximum absolute atomic E-state index is 11.5. The normalized spacial score (nSPS) is 10.7. The van der Waals surface area contributed by atoms with Crippen LogP contribution < -0.4 is 11.4 Å². The van der Waals surface area contributed by atoms with Crippen molar-refractivity contribution < 1.29 is 4.52 Å². The van der Waals surface area contributed by atoms with Gasteiger partial charge in [0, 0.05) is 0 Å². The summed E-state index contributed by atoms with van der Waals surface area (Å²) < 4.78 is 6.31. The average molecular weight is 261 g/mol. The zero-order valence-corrected chi connectivity index (χ0v) is 9.62. The molecule has 1 aromatic carbocycles. The topological polar surface area (TPSA) is 57.1 Å². The molecular formula is C9H6Cl2N2O3. The third kappa shape index (κ3) is 1.68. The van der Waals surface area contributed by atoms with E-state index < -0.39 is 11.4 Å². The fraction of sp³-hybridized carbons (Fsp3) is 0.111. The Balaban J connectivity index is 2.73. The number of aromatic nitrogens is 2. The van der Waals surface area contributed by atoms with Crippen LogP contribution in [0.1, 0.15) is 0 Å². The van der Waals surface area contributed by atoms with E-state index in [9.17, 15) is 9.59 Å². The summed E-state index contributed by atoms with van der Waals surface area (Å²) >= 11 is 11.5. The van der Waals surface area contributed by atoms with Crippen LogP contribution in [0.4, 0.5) is 0 Å². The highest BCUT2D eigenvalue weighted by atomic mass is 35.5. The predicted octanol–water partition coefficient (Wildman–Crippen LogP) is 1.44. The van der Waals surface area contributed by atoms with Crippen molar-refractivity contribution in [1.29, 1.82) is 0 Å². The maximum Gasteiger partial charge on any atom is 0.447 e. The third-order valence-corrected chi connectivity index (χ3v) is 2.76. The van der Waals surface area contributed by atoms with Crippen molar-refractivity contribution in [2.45, 2.75) is 0 Å². The Morgan fingerprint density at radius 1 is 1.19 bits per heavy atom. The molecule has 0 N–H and O–H groups in total. The molecule has 0 amide bonds. The standard InChI is InChI=1S/C9H6Cl2N2O3/c1-12-8(14)13(9(15)16-12)5-2-3-6(10)7(11)4-5/h2-4H,1H3. The summed E-state index contributed by atoms with van der Waals surface area (Å²) in [6.45, 7) is 0. The third-order valence-electron chi connectivity index (χ3n) is 2.02.